The first-order chi connectivity index (χ1) is 6.88. The SMILES string of the molecule is CCNC(CCCOC)c1ccoc1. The molecule has 1 aromatic rings. The molecule has 1 aromatic heterocycles. The van der Waals surface area contributed by atoms with E-state index in [1.165, 1.54) is 5.56 Å². The van der Waals surface area contributed by atoms with E-state index in [1.54, 1.807) is 19.6 Å². The highest BCUT2D eigenvalue weighted by atomic mass is 16.5. The zero-order valence-electron chi connectivity index (χ0n) is 8.95. The maximum absolute atomic E-state index is 5.08. The van der Waals surface area contributed by atoms with E-state index in [-0.39, 0.29) is 0 Å². The molecule has 1 rings (SSSR count). The van der Waals surface area contributed by atoms with Gasteiger partial charge in [-0.2, -0.15) is 0 Å². The maximum Gasteiger partial charge on any atom is 0.0950 e. The Bertz CT molecular complexity index is 221. The number of ether oxygens (including phenoxy) is 1. The minimum Gasteiger partial charge on any atom is -0.472 e. The first kappa shape index (κ1) is 11.3. The van der Waals surface area contributed by atoms with Gasteiger partial charge in [0, 0.05) is 25.3 Å². The number of hydrogen-bond acceptors (Lipinski definition) is 3. The second-order valence-electron chi connectivity index (χ2n) is 3.30. The number of furan rings is 1. The van der Waals surface area contributed by atoms with Gasteiger partial charge in [-0.3, -0.25) is 0 Å². The molecule has 0 aliphatic carbocycles. The van der Waals surface area contributed by atoms with Gasteiger partial charge in [0.15, 0.2) is 0 Å². The fourth-order valence-electron chi connectivity index (χ4n) is 1.54. The summed E-state index contributed by atoms with van der Waals surface area (Å²) >= 11 is 0. The molecule has 1 heterocycles. The van der Waals surface area contributed by atoms with Crippen LogP contribution >= 0.6 is 0 Å². The van der Waals surface area contributed by atoms with Gasteiger partial charge in [-0.25, -0.2) is 0 Å². The van der Waals surface area contributed by atoms with Crippen molar-refractivity contribution in [3.8, 4) is 0 Å². The van der Waals surface area contributed by atoms with Crippen LogP contribution in [0.3, 0.4) is 0 Å². The Labute approximate surface area is 85.4 Å². The van der Waals surface area contributed by atoms with Gasteiger partial charge in [-0.15, -0.1) is 0 Å². The number of rotatable bonds is 7. The fourth-order valence-corrected chi connectivity index (χ4v) is 1.54. The summed E-state index contributed by atoms with van der Waals surface area (Å²) in [4.78, 5) is 0. The molecule has 1 unspecified atom stereocenters. The molecule has 0 saturated carbocycles. The van der Waals surface area contributed by atoms with Crippen molar-refractivity contribution in [2.75, 3.05) is 20.3 Å². The van der Waals surface area contributed by atoms with Crippen molar-refractivity contribution in [1.29, 1.82) is 0 Å². The lowest BCUT2D eigenvalue weighted by Crippen LogP contribution is -2.20. The first-order valence-corrected chi connectivity index (χ1v) is 5.13. The highest BCUT2D eigenvalue weighted by Gasteiger charge is 2.10. The van der Waals surface area contributed by atoms with Crippen molar-refractivity contribution in [3.05, 3.63) is 24.2 Å². The molecular weight excluding hydrogens is 178 g/mol. The van der Waals surface area contributed by atoms with Gasteiger partial charge >= 0.3 is 0 Å². The van der Waals surface area contributed by atoms with Crippen molar-refractivity contribution in [2.45, 2.75) is 25.8 Å². The second kappa shape index (κ2) is 6.62. The van der Waals surface area contributed by atoms with Gasteiger partial charge in [-0.05, 0) is 25.5 Å². The van der Waals surface area contributed by atoms with Gasteiger partial charge in [0.25, 0.3) is 0 Å². The van der Waals surface area contributed by atoms with E-state index in [2.05, 4.69) is 12.2 Å². The molecule has 0 spiro atoms. The molecule has 80 valence electrons. The van der Waals surface area contributed by atoms with Crippen LogP contribution < -0.4 is 5.32 Å². The van der Waals surface area contributed by atoms with Crippen LogP contribution in [-0.2, 0) is 4.74 Å². The Morgan fingerprint density at radius 1 is 1.57 bits per heavy atom. The molecule has 0 saturated heterocycles. The van der Waals surface area contributed by atoms with E-state index < -0.39 is 0 Å². The third-order valence-electron chi connectivity index (χ3n) is 2.24. The molecule has 0 aliphatic rings. The number of nitrogens with one attached hydrogen (secondary N) is 1. The number of methoxy groups -OCH3 is 1. The third kappa shape index (κ3) is 3.52. The molecule has 3 heteroatoms. The Morgan fingerprint density at radius 3 is 3.00 bits per heavy atom. The van der Waals surface area contributed by atoms with Crippen LogP contribution in [0.15, 0.2) is 23.0 Å². The minimum absolute atomic E-state index is 0.397. The van der Waals surface area contributed by atoms with Crippen LogP contribution in [0.1, 0.15) is 31.4 Å². The van der Waals surface area contributed by atoms with Gasteiger partial charge in [0.05, 0.1) is 12.5 Å². The first-order valence-electron chi connectivity index (χ1n) is 5.13. The number of hydrogen-bond donors (Lipinski definition) is 1. The summed E-state index contributed by atoms with van der Waals surface area (Å²) in [5, 5.41) is 3.43. The lowest BCUT2D eigenvalue weighted by molar-refractivity contribution is 0.189. The topological polar surface area (TPSA) is 34.4 Å². The summed E-state index contributed by atoms with van der Waals surface area (Å²) < 4.78 is 10.1. The normalized spacial score (nSPS) is 13.0. The van der Waals surface area contributed by atoms with Crippen molar-refractivity contribution in [1.82, 2.24) is 5.32 Å². The lowest BCUT2D eigenvalue weighted by atomic mass is 10.1. The average molecular weight is 197 g/mol. The Morgan fingerprint density at radius 2 is 2.43 bits per heavy atom. The van der Waals surface area contributed by atoms with Gasteiger partial charge in [0.1, 0.15) is 0 Å². The third-order valence-corrected chi connectivity index (χ3v) is 2.24. The van der Waals surface area contributed by atoms with E-state index in [0.29, 0.717) is 6.04 Å². The smallest absolute Gasteiger partial charge is 0.0950 e. The molecule has 0 bridgehead atoms. The quantitative estimate of drug-likeness (QED) is 0.681. The molecule has 0 aliphatic heterocycles. The predicted octanol–water partition coefficient (Wildman–Crippen LogP) is 2.36. The largest absolute Gasteiger partial charge is 0.472 e. The van der Waals surface area contributed by atoms with Gasteiger partial charge < -0.3 is 14.5 Å². The Hall–Kier alpha value is -0.800. The molecule has 1 atom stereocenters. The predicted molar refractivity (Wildman–Crippen MR) is 56.2 cm³/mol. The zero-order valence-corrected chi connectivity index (χ0v) is 8.95. The summed E-state index contributed by atoms with van der Waals surface area (Å²) in [6.45, 7) is 3.91. The van der Waals surface area contributed by atoms with Crippen LogP contribution in [0.4, 0.5) is 0 Å². The monoisotopic (exact) mass is 197 g/mol. The van der Waals surface area contributed by atoms with Crippen LogP contribution in [0.25, 0.3) is 0 Å². The average Bonchev–Trinajstić information content (AvgIpc) is 2.70. The lowest BCUT2D eigenvalue weighted by Gasteiger charge is -2.15. The highest BCUT2D eigenvalue weighted by Crippen LogP contribution is 2.18. The Balaban J connectivity index is 2.39. The van der Waals surface area contributed by atoms with Gasteiger partial charge in [0.2, 0.25) is 0 Å². The van der Waals surface area contributed by atoms with E-state index in [0.717, 1.165) is 26.0 Å². The molecule has 0 fully saturated rings. The molecule has 14 heavy (non-hydrogen) atoms. The second-order valence-corrected chi connectivity index (χ2v) is 3.30. The Kier molecular flexibility index (Phi) is 5.33. The van der Waals surface area contributed by atoms with E-state index in [1.807, 2.05) is 6.07 Å². The zero-order chi connectivity index (χ0) is 10.2. The molecule has 1 N–H and O–H groups in total. The molecular formula is C11H19NO2. The standard InChI is InChI=1S/C11H19NO2/c1-3-12-11(5-4-7-13-2)10-6-8-14-9-10/h6,8-9,11-12H,3-5,7H2,1-2H3. The summed E-state index contributed by atoms with van der Waals surface area (Å²) in [6.07, 6.45) is 5.68. The molecule has 3 nitrogen and oxygen atoms in total. The van der Waals surface area contributed by atoms with E-state index in [9.17, 15) is 0 Å². The van der Waals surface area contributed by atoms with Crippen LogP contribution in [-0.4, -0.2) is 20.3 Å². The van der Waals surface area contributed by atoms with E-state index >= 15 is 0 Å². The summed E-state index contributed by atoms with van der Waals surface area (Å²) in [5.74, 6) is 0. The van der Waals surface area contributed by atoms with Crippen molar-refractivity contribution < 1.29 is 9.15 Å². The maximum atomic E-state index is 5.08. The molecule has 0 amide bonds. The van der Waals surface area contributed by atoms with Crippen LogP contribution in [0, 0.1) is 0 Å². The van der Waals surface area contributed by atoms with E-state index in [4.69, 9.17) is 9.15 Å². The summed E-state index contributed by atoms with van der Waals surface area (Å²) in [7, 11) is 1.74. The van der Waals surface area contributed by atoms with Crippen LogP contribution in [0.5, 0.6) is 0 Å². The van der Waals surface area contributed by atoms with Crippen molar-refractivity contribution >= 4 is 0 Å². The molecule has 0 radical (unpaired) electrons. The van der Waals surface area contributed by atoms with Crippen molar-refractivity contribution in [2.24, 2.45) is 0 Å². The summed E-state index contributed by atoms with van der Waals surface area (Å²) in [6, 6.07) is 2.41. The summed E-state index contributed by atoms with van der Waals surface area (Å²) in [5.41, 5.74) is 1.22. The molecule has 0 aromatic carbocycles. The van der Waals surface area contributed by atoms with Crippen molar-refractivity contribution in [3.63, 3.8) is 0 Å². The van der Waals surface area contributed by atoms with Gasteiger partial charge in [-0.1, -0.05) is 6.92 Å². The highest BCUT2D eigenvalue weighted by molar-refractivity contribution is 5.11. The van der Waals surface area contributed by atoms with Crippen LogP contribution in [0.2, 0.25) is 0 Å². The minimum atomic E-state index is 0.397. The fraction of sp³-hybridized carbons (Fsp3) is 0.636.